The van der Waals surface area contributed by atoms with Crippen molar-refractivity contribution in [2.45, 2.75) is 6.92 Å². The van der Waals surface area contributed by atoms with Crippen LogP contribution >= 0.6 is 0 Å². The van der Waals surface area contributed by atoms with Crippen LogP contribution in [-0.4, -0.2) is 17.0 Å². The molecule has 3 rings (SSSR count). The SMILES string of the molecule is Cc1cc(Nc2ccc(F)c(F)c2)nc(N(C)c2ccccc2)n1. The maximum absolute atomic E-state index is 13.3. The lowest BCUT2D eigenvalue weighted by molar-refractivity contribution is 0.509. The zero-order valence-corrected chi connectivity index (χ0v) is 13.3. The van der Waals surface area contributed by atoms with E-state index in [1.165, 1.54) is 6.07 Å². The summed E-state index contributed by atoms with van der Waals surface area (Å²) < 4.78 is 26.4. The number of anilines is 4. The largest absolute Gasteiger partial charge is 0.340 e. The number of nitrogens with one attached hydrogen (secondary N) is 1. The Bertz CT molecular complexity index is 853. The van der Waals surface area contributed by atoms with Gasteiger partial charge < -0.3 is 10.2 Å². The lowest BCUT2D eigenvalue weighted by Gasteiger charge is -2.18. The molecule has 122 valence electrons. The molecule has 0 aliphatic carbocycles. The van der Waals surface area contributed by atoms with E-state index in [0.717, 1.165) is 23.5 Å². The first-order valence-electron chi connectivity index (χ1n) is 7.39. The molecule has 24 heavy (non-hydrogen) atoms. The quantitative estimate of drug-likeness (QED) is 0.762. The third-order valence-corrected chi connectivity index (χ3v) is 3.48. The van der Waals surface area contributed by atoms with E-state index in [0.29, 0.717) is 17.5 Å². The van der Waals surface area contributed by atoms with Crippen LogP contribution in [0, 0.1) is 18.6 Å². The molecule has 1 aromatic heterocycles. The molecule has 3 aromatic rings. The Hall–Kier alpha value is -3.02. The van der Waals surface area contributed by atoms with Crippen molar-refractivity contribution in [2.24, 2.45) is 0 Å². The average molecular weight is 326 g/mol. The van der Waals surface area contributed by atoms with Gasteiger partial charge in [0.25, 0.3) is 0 Å². The maximum Gasteiger partial charge on any atom is 0.231 e. The molecule has 2 aromatic carbocycles. The monoisotopic (exact) mass is 326 g/mol. The number of hydrogen-bond acceptors (Lipinski definition) is 4. The molecule has 0 amide bonds. The topological polar surface area (TPSA) is 41.1 Å². The van der Waals surface area contributed by atoms with E-state index in [-0.39, 0.29) is 0 Å². The Morgan fingerprint density at radius 2 is 1.67 bits per heavy atom. The van der Waals surface area contributed by atoms with Gasteiger partial charge in [0.15, 0.2) is 11.6 Å². The molecule has 0 atom stereocenters. The van der Waals surface area contributed by atoms with E-state index in [2.05, 4.69) is 15.3 Å². The smallest absolute Gasteiger partial charge is 0.231 e. The highest BCUT2D eigenvalue weighted by Crippen LogP contribution is 2.23. The van der Waals surface area contributed by atoms with E-state index >= 15 is 0 Å². The van der Waals surface area contributed by atoms with Gasteiger partial charge in [-0.05, 0) is 31.2 Å². The predicted molar refractivity (Wildman–Crippen MR) is 90.9 cm³/mol. The van der Waals surface area contributed by atoms with Crippen LogP contribution in [0.2, 0.25) is 0 Å². The summed E-state index contributed by atoms with van der Waals surface area (Å²) >= 11 is 0. The molecule has 0 unspecified atom stereocenters. The Labute approximate surface area is 138 Å². The highest BCUT2D eigenvalue weighted by molar-refractivity contribution is 5.61. The van der Waals surface area contributed by atoms with Crippen LogP contribution < -0.4 is 10.2 Å². The summed E-state index contributed by atoms with van der Waals surface area (Å²) in [6.07, 6.45) is 0. The molecule has 4 nitrogen and oxygen atoms in total. The summed E-state index contributed by atoms with van der Waals surface area (Å²) in [5.41, 5.74) is 2.12. The number of aromatic nitrogens is 2. The van der Waals surface area contributed by atoms with Crippen LogP contribution in [0.4, 0.5) is 31.9 Å². The molecule has 1 heterocycles. The van der Waals surface area contributed by atoms with Crippen molar-refractivity contribution < 1.29 is 8.78 Å². The van der Waals surface area contributed by atoms with E-state index < -0.39 is 11.6 Å². The fourth-order valence-electron chi connectivity index (χ4n) is 2.26. The van der Waals surface area contributed by atoms with Gasteiger partial charge in [-0.2, -0.15) is 4.98 Å². The number of hydrogen-bond donors (Lipinski definition) is 1. The van der Waals surface area contributed by atoms with E-state index in [4.69, 9.17) is 0 Å². The molecular weight excluding hydrogens is 310 g/mol. The Kier molecular flexibility index (Phi) is 4.37. The molecule has 0 saturated carbocycles. The van der Waals surface area contributed by atoms with Crippen molar-refractivity contribution in [3.8, 4) is 0 Å². The molecule has 0 fully saturated rings. The number of rotatable bonds is 4. The second kappa shape index (κ2) is 6.62. The molecule has 0 radical (unpaired) electrons. The summed E-state index contributed by atoms with van der Waals surface area (Å²) in [5.74, 6) is -0.783. The van der Waals surface area contributed by atoms with Gasteiger partial charge in [0.2, 0.25) is 5.95 Å². The second-order valence-corrected chi connectivity index (χ2v) is 5.34. The van der Waals surface area contributed by atoms with Crippen LogP contribution in [0.15, 0.2) is 54.6 Å². The van der Waals surface area contributed by atoms with Crippen molar-refractivity contribution in [1.82, 2.24) is 9.97 Å². The molecule has 6 heteroatoms. The van der Waals surface area contributed by atoms with Gasteiger partial charge >= 0.3 is 0 Å². The Balaban J connectivity index is 1.90. The summed E-state index contributed by atoms with van der Waals surface area (Å²) in [6.45, 7) is 1.85. The lowest BCUT2D eigenvalue weighted by atomic mass is 10.3. The summed E-state index contributed by atoms with van der Waals surface area (Å²) in [7, 11) is 1.87. The number of halogens is 2. The van der Waals surface area contributed by atoms with E-state index in [9.17, 15) is 8.78 Å². The van der Waals surface area contributed by atoms with E-state index in [1.54, 1.807) is 6.07 Å². The highest BCUT2D eigenvalue weighted by Gasteiger charge is 2.10. The van der Waals surface area contributed by atoms with Crippen molar-refractivity contribution in [2.75, 3.05) is 17.3 Å². The molecule has 0 aliphatic heterocycles. The van der Waals surface area contributed by atoms with Crippen molar-refractivity contribution in [3.63, 3.8) is 0 Å². The zero-order chi connectivity index (χ0) is 17.1. The molecule has 0 bridgehead atoms. The first-order valence-corrected chi connectivity index (χ1v) is 7.39. The van der Waals surface area contributed by atoms with Crippen LogP contribution in [0.3, 0.4) is 0 Å². The fraction of sp³-hybridized carbons (Fsp3) is 0.111. The first kappa shape index (κ1) is 15.9. The molecule has 0 spiro atoms. The summed E-state index contributed by atoms with van der Waals surface area (Å²) in [5, 5.41) is 2.98. The second-order valence-electron chi connectivity index (χ2n) is 5.34. The highest BCUT2D eigenvalue weighted by atomic mass is 19.2. The normalized spacial score (nSPS) is 10.5. The van der Waals surface area contributed by atoms with Crippen LogP contribution in [0.25, 0.3) is 0 Å². The number of para-hydroxylation sites is 1. The standard InChI is InChI=1S/C18H16F2N4/c1-12-10-17(22-13-8-9-15(19)16(20)11-13)23-18(21-12)24(2)14-6-4-3-5-7-14/h3-11H,1-2H3,(H,21,22,23). The van der Waals surface area contributed by atoms with Crippen molar-refractivity contribution in [1.29, 1.82) is 0 Å². The van der Waals surface area contributed by atoms with Crippen LogP contribution in [0.5, 0.6) is 0 Å². The Morgan fingerprint density at radius 3 is 2.38 bits per heavy atom. The minimum Gasteiger partial charge on any atom is -0.340 e. The number of nitrogens with zero attached hydrogens (tertiary/aromatic N) is 3. The molecular formula is C18H16F2N4. The lowest BCUT2D eigenvalue weighted by Crippen LogP contribution is -2.14. The fourth-order valence-corrected chi connectivity index (χ4v) is 2.26. The summed E-state index contributed by atoms with van der Waals surface area (Å²) in [6, 6.07) is 15.1. The molecule has 0 aliphatic rings. The van der Waals surface area contributed by atoms with Gasteiger partial charge in [-0.1, -0.05) is 18.2 Å². The third-order valence-electron chi connectivity index (χ3n) is 3.48. The third kappa shape index (κ3) is 3.48. The molecule has 1 N–H and O–H groups in total. The maximum atomic E-state index is 13.3. The first-order chi connectivity index (χ1) is 11.5. The van der Waals surface area contributed by atoms with Gasteiger partial charge in [-0.3, -0.25) is 0 Å². The summed E-state index contributed by atoms with van der Waals surface area (Å²) in [4.78, 5) is 10.7. The van der Waals surface area contributed by atoms with Crippen molar-refractivity contribution in [3.05, 3.63) is 71.9 Å². The minimum atomic E-state index is -0.910. The molecule has 0 saturated heterocycles. The van der Waals surface area contributed by atoms with Gasteiger partial charge in [0.1, 0.15) is 5.82 Å². The Morgan fingerprint density at radius 1 is 0.917 bits per heavy atom. The van der Waals surface area contributed by atoms with Crippen molar-refractivity contribution >= 4 is 23.1 Å². The van der Waals surface area contributed by atoms with Gasteiger partial charge in [0, 0.05) is 36.2 Å². The zero-order valence-electron chi connectivity index (χ0n) is 13.3. The van der Waals surface area contributed by atoms with Gasteiger partial charge in [-0.15, -0.1) is 0 Å². The van der Waals surface area contributed by atoms with E-state index in [1.807, 2.05) is 49.2 Å². The number of aryl methyl sites for hydroxylation is 1. The van der Waals surface area contributed by atoms with Gasteiger partial charge in [0.05, 0.1) is 0 Å². The number of benzene rings is 2. The van der Waals surface area contributed by atoms with Gasteiger partial charge in [-0.25, -0.2) is 13.8 Å². The van der Waals surface area contributed by atoms with Crippen LogP contribution in [0.1, 0.15) is 5.69 Å². The predicted octanol–water partition coefficient (Wildman–Crippen LogP) is 4.57. The minimum absolute atomic E-state index is 0.417. The van der Waals surface area contributed by atoms with Crippen LogP contribution in [-0.2, 0) is 0 Å². The average Bonchev–Trinajstić information content (AvgIpc) is 2.58.